The largest absolute Gasteiger partial charge is 0.497 e. The minimum absolute atomic E-state index is 0.128. The maximum absolute atomic E-state index is 13.5. The van der Waals surface area contributed by atoms with Crippen molar-refractivity contribution in [1.29, 1.82) is 0 Å². The second-order valence-electron chi connectivity index (χ2n) is 6.40. The van der Waals surface area contributed by atoms with Crippen LogP contribution in [-0.2, 0) is 10.0 Å². The minimum atomic E-state index is -3.91. The Balaban J connectivity index is 2.10. The Labute approximate surface area is 170 Å². The highest BCUT2D eigenvalue weighted by atomic mass is 32.2. The molecule has 0 bridgehead atoms. The van der Waals surface area contributed by atoms with Gasteiger partial charge in [-0.05, 0) is 73.2 Å². The molecule has 0 heterocycles. The molecule has 152 valence electrons. The predicted octanol–water partition coefficient (Wildman–Crippen LogP) is 4.80. The molecule has 7 heteroatoms. The number of methoxy groups -OCH3 is 2. The number of nitrogens with zero attached hydrogens (tertiary/aromatic N) is 1. The third-order valence-electron chi connectivity index (χ3n) is 4.65. The molecule has 0 aliphatic heterocycles. The molecule has 29 heavy (non-hydrogen) atoms. The third kappa shape index (κ3) is 4.35. The molecule has 0 spiro atoms. The van der Waals surface area contributed by atoms with Crippen molar-refractivity contribution >= 4 is 15.7 Å². The van der Waals surface area contributed by atoms with Gasteiger partial charge in [0.15, 0.2) is 0 Å². The number of benzene rings is 3. The minimum Gasteiger partial charge on any atom is -0.497 e. The maximum Gasteiger partial charge on any atom is 0.264 e. The molecular weight excluding hydrogens is 393 g/mol. The highest BCUT2D eigenvalue weighted by molar-refractivity contribution is 7.92. The van der Waals surface area contributed by atoms with Crippen LogP contribution in [0.2, 0.25) is 0 Å². The van der Waals surface area contributed by atoms with E-state index in [1.165, 1.54) is 35.7 Å². The van der Waals surface area contributed by atoms with E-state index < -0.39 is 16.1 Å². The first kappa shape index (κ1) is 20.7. The summed E-state index contributed by atoms with van der Waals surface area (Å²) in [6.07, 6.45) is 0. The third-order valence-corrected chi connectivity index (χ3v) is 6.56. The summed E-state index contributed by atoms with van der Waals surface area (Å²) in [6.45, 7) is 1.76. The number of rotatable bonds is 7. The molecule has 0 aliphatic carbocycles. The summed E-state index contributed by atoms with van der Waals surface area (Å²) >= 11 is 0. The fraction of sp³-hybridized carbons (Fsp3) is 0.182. The van der Waals surface area contributed by atoms with Crippen LogP contribution < -0.4 is 13.8 Å². The molecule has 3 aromatic carbocycles. The van der Waals surface area contributed by atoms with Crippen molar-refractivity contribution in [2.24, 2.45) is 0 Å². The zero-order valence-corrected chi connectivity index (χ0v) is 17.2. The average molecular weight is 415 g/mol. The van der Waals surface area contributed by atoms with Crippen molar-refractivity contribution in [2.75, 3.05) is 18.5 Å². The van der Waals surface area contributed by atoms with Gasteiger partial charge < -0.3 is 9.47 Å². The summed E-state index contributed by atoms with van der Waals surface area (Å²) in [6, 6.07) is 18.2. The van der Waals surface area contributed by atoms with Gasteiger partial charge in [-0.3, -0.25) is 4.31 Å². The Kier molecular flexibility index (Phi) is 6.08. The molecule has 0 aromatic heterocycles. The summed E-state index contributed by atoms with van der Waals surface area (Å²) in [5.74, 6) is 0.798. The van der Waals surface area contributed by atoms with Crippen LogP contribution in [0, 0.1) is 5.82 Å². The number of hydrogen-bond donors (Lipinski definition) is 0. The molecule has 0 fully saturated rings. The molecule has 1 unspecified atom stereocenters. The monoisotopic (exact) mass is 415 g/mol. The van der Waals surface area contributed by atoms with Crippen LogP contribution in [0.1, 0.15) is 18.5 Å². The Hall–Kier alpha value is -3.06. The fourth-order valence-corrected chi connectivity index (χ4v) is 4.68. The van der Waals surface area contributed by atoms with E-state index in [1.807, 2.05) is 0 Å². The van der Waals surface area contributed by atoms with Crippen molar-refractivity contribution in [3.8, 4) is 11.5 Å². The zero-order chi connectivity index (χ0) is 21.0. The predicted molar refractivity (Wildman–Crippen MR) is 110 cm³/mol. The summed E-state index contributed by atoms with van der Waals surface area (Å²) in [5.41, 5.74) is 1.14. The Morgan fingerprint density at radius 3 is 1.76 bits per heavy atom. The summed E-state index contributed by atoms with van der Waals surface area (Å²) < 4.78 is 52.1. The average Bonchev–Trinajstić information content (AvgIpc) is 2.74. The molecule has 0 radical (unpaired) electrons. The van der Waals surface area contributed by atoms with E-state index in [1.54, 1.807) is 62.6 Å². The van der Waals surface area contributed by atoms with Gasteiger partial charge in [0.05, 0.1) is 30.8 Å². The van der Waals surface area contributed by atoms with Gasteiger partial charge in [-0.1, -0.05) is 12.1 Å². The second kappa shape index (κ2) is 8.53. The van der Waals surface area contributed by atoms with Crippen molar-refractivity contribution in [2.45, 2.75) is 17.9 Å². The van der Waals surface area contributed by atoms with Gasteiger partial charge in [0, 0.05) is 0 Å². The lowest BCUT2D eigenvalue weighted by Crippen LogP contribution is -2.33. The first-order valence-corrected chi connectivity index (χ1v) is 10.4. The summed E-state index contributed by atoms with van der Waals surface area (Å²) in [4.78, 5) is 0.128. The van der Waals surface area contributed by atoms with E-state index in [2.05, 4.69) is 0 Å². The van der Waals surface area contributed by atoms with Gasteiger partial charge >= 0.3 is 0 Å². The molecule has 5 nitrogen and oxygen atoms in total. The molecule has 3 aromatic rings. The number of sulfonamides is 1. The lowest BCUT2D eigenvalue weighted by molar-refractivity contribution is 0.414. The topological polar surface area (TPSA) is 55.8 Å². The fourth-order valence-electron chi connectivity index (χ4n) is 3.04. The van der Waals surface area contributed by atoms with Crippen LogP contribution in [0.15, 0.2) is 77.7 Å². The lowest BCUT2D eigenvalue weighted by atomic mass is 10.1. The van der Waals surface area contributed by atoms with Gasteiger partial charge in [-0.2, -0.15) is 0 Å². The van der Waals surface area contributed by atoms with Crippen LogP contribution in [0.3, 0.4) is 0 Å². The molecule has 0 amide bonds. The van der Waals surface area contributed by atoms with Gasteiger partial charge in [0.1, 0.15) is 17.3 Å². The quantitative estimate of drug-likeness (QED) is 0.556. The Morgan fingerprint density at radius 1 is 0.793 bits per heavy atom. The van der Waals surface area contributed by atoms with Crippen molar-refractivity contribution < 1.29 is 22.3 Å². The van der Waals surface area contributed by atoms with E-state index in [0.29, 0.717) is 22.7 Å². The van der Waals surface area contributed by atoms with Crippen LogP contribution in [0.5, 0.6) is 11.5 Å². The molecule has 0 saturated heterocycles. The van der Waals surface area contributed by atoms with E-state index in [4.69, 9.17) is 9.47 Å². The van der Waals surface area contributed by atoms with Crippen molar-refractivity contribution in [3.05, 3.63) is 84.2 Å². The van der Waals surface area contributed by atoms with Crippen LogP contribution >= 0.6 is 0 Å². The van der Waals surface area contributed by atoms with Crippen LogP contribution in [0.25, 0.3) is 0 Å². The van der Waals surface area contributed by atoms with E-state index in [-0.39, 0.29) is 10.7 Å². The normalized spacial score (nSPS) is 12.3. The molecule has 0 saturated carbocycles. The van der Waals surface area contributed by atoms with Crippen molar-refractivity contribution in [1.82, 2.24) is 0 Å². The van der Waals surface area contributed by atoms with E-state index in [0.717, 1.165) is 0 Å². The van der Waals surface area contributed by atoms with Crippen LogP contribution in [-0.4, -0.2) is 22.6 Å². The molecule has 1 atom stereocenters. The summed E-state index contributed by atoms with van der Waals surface area (Å²) in [7, 11) is -0.852. The van der Waals surface area contributed by atoms with E-state index in [9.17, 15) is 12.8 Å². The number of ether oxygens (including phenoxy) is 2. The maximum atomic E-state index is 13.5. The Bertz CT molecular complexity index is 1050. The second-order valence-corrected chi connectivity index (χ2v) is 8.22. The molecule has 3 rings (SSSR count). The highest BCUT2D eigenvalue weighted by Gasteiger charge is 2.30. The first-order chi connectivity index (χ1) is 13.9. The standard InChI is InChI=1S/C22H22FNO4S/c1-16(17-4-6-18(23)7-5-17)24(19-8-10-20(27-2)11-9-19)29(25,26)22-14-12-21(28-3)13-15-22/h4-16H,1-3H3. The van der Waals surface area contributed by atoms with Gasteiger partial charge in [-0.15, -0.1) is 0 Å². The number of halogens is 1. The lowest BCUT2D eigenvalue weighted by Gasteiger charge is -2.31. The molecule has 0 N–H and O–H groups in total. The van der Waals surface area contributed by atoms with E-state index >= 15 is 0 Å². The molecule has 0 aliphatic rings. The van der Waals surface area contributed by atoms with Crippen molar-refractivity contribution in [3.63, 3.8) is 0 Å². The SMILES string of the molecule is COc1ccc(N(C(C)c2ccc(F)cc2)S(=O)(=O)c2ccc(OC)cc2)cc1. The molecular formula is C22H22FNO4S. The van der Waals surface area contributed by atoms with Gasteiger partial charge in [0.25, 0.3) is 10.0 Å². The smallest absolute Gasteiger partial charge is 0.264 e. The summed E-state index contributed by atoms with van der Waals surface area (Å²) in [5, 5.41) is 0. The van der Waals surface area contributed by atoms with Gasteiger partial charge in [-0.25, -0.2) is 12.8 Å². The number of hydrogen-bond acceptors (Lipinski definition) is 4. The Morgan fingerprint density at radius 2 is 1.28 bits per heavy atom. The first-order valence-electron chi connectivity index (χ1n) is 8.95. The van der Waals surface area contributed by atoms with Gasteiger partial charge in [0.2, 0.25) is 0 Å². The van der Waals surface area contributed by atoms with Crippen LogP contribution in [0.4, 0.5) is 10.1 Å². The zero-order valence-electron chi connectivity index (χ0n) is 16.4. The number of anilines is 1. The highest BCUT2D eigenvalue weighted by Crippen LogP contribution is 2.34.